The van der Waals surface area contributed by atoms with Crippen molar-refractivity contribution in [2.24, 2.45) is 0 Å². The lowest BCUT2D eigenvalue weighted by Gasteiger charge is -1.98. The zero-order valence-electron chi connectivity index (χ0n) is 6.75. The van der Waals surface area contributed by atoms with Crippen molar-refractivity contribution >= 4 is 54.9 Å². The normalized spacial score (nSPS) is 10.7. The van der Waals surface area contributed by atoms with Crippen LogP contribution in [0.5, 0.6) is 0 Å². The maximum Gasteiger partial charge on any atom is 0.337 e. The van der Waals surface area contributed by atoms with Gasteiger partial charge < -0.3 is 5.11 Å². The van der Waals surface area contributed by atoms with E-state index in [2.05, 4.69) is 15.9 Å². The Morgan fingerprint density at radius 3 is 2.86 bits per heavy atom. The Morgan fingerprint density at radius 1 is 1.50 bits per heavy atom. The van der Waals surface area contributed by atoms with Crippen LogP contribution in [-0.2, 0) is 0 Å². The number of halogens is 2. The molecule has 0 unspecified atom stereocenters. The number of carbonyl (C=O) groups is 1. The average molecular weight is 292 g/mol. The van der Waals surface area contributed by atoms with E-state index in [0.717, 1.165) is 4.70 Å². The highest BCUT2D eigenvalue weighted by atomic mass is 79.9. The van der Waals surface area contributed by atoms with Crippen LogP contribution in [0.2, 0.25) is 5.02 Å². The van der Waals surface area contributed by atoms with Crippen LogP contribution in [0, 0.1) is 0 Å². The molecule has 0 amide bonds. The maximum absolute atomic E-state index is 10.9. The highest BCUT2D eigenvalue weighted by Crippen LogP contribution is 2.36. The zero-order valence-corrected chi connectivity index (χ0v) is 9.91. The molecule has 1 heterocycles. The van der Waals surface area contributed by atoms with E-state index in [-0.39, 0.29) is 5.56 Å². The van der Waals surface area contributed by atoms with Crippen LogP contribution in [0.4, 0.5) is 0 Å². The first-order valence-corrected chi connectivity index (χ1v) is 5.75. The molecule has 14 heavy (non-hydrogen) atoms. The van der Waals surface area contributed by atoms with Crippen molar-refractivity contribution in [3.05, 3.63) is 32.6 Å². The van der Waals surface area contributed by atoms with Crippen molar-refractivity contribution in [2.45, 2.75) is 0 Å². The predicted molar refractivity (Wildman–Crippen MR) is 61.5 cm³/mol. The minimum atomic E-state index is -0.948. The van der Waals surface area contributed by atoms with Gasteiger partial charge in [-0.25, -0.2) is 4.79 Å². The molecule has 0 spiro atoms. The molecule has 72 valence electrons. The number of thiophene rings is 1. The molecule has 0 bridgehead atoms. The zero-order chi connectivity index (χ0) is 10.3. The average Bonchev–Trinajstić information content (AvgIpc) is 2.55. The van der Waals surface area contributed by atoms with Crippen LogP contribution in [0.1, 0.15) is 10.4 Å². The summed E-state index contributed by atoms with van der Waals surface area (Å²) in [6.45, 7) is 0. The SMILES string of the molecule is O=C(O)c1csc2ccc(Br)c(Cl)c12. The summed E-state index contributed by atoms with van der Waals surface area (Å²) in [7, 11) is 0. The van der Waals surface area contributed by atoms with Gasteiger partial charge in [0, 0.05) is 19.9 Å². The Bertz CT molecular complexity index is 521. The molecule has 2 nitrogen and oxygen atoms in total. The largest absolute Gasteiger partial charge is 0.478 e. The second kappa shape index (κ2) is 3.53. The summed E-state index contributed by atoms with van der Waals surface area (Å²) in [4.78, 5) is 10.9. The molecule has 5 heteroatoms. The molecule has 0 aliphatic heterocycles. The van der Waals surface area contributed by atoms with Gasteiger partial charge in [-0.1, -0.05) is 11.6 Å². The van der Waals surface area contributed by atoms with Gasteiger partial charge in [0.05, 0.1) is 10.6 Å². The lowest BCUT2D eigenvalue weighted by Crippen LogP contribution is -1.93. The van der Waals surface area contributed by atoms with Crippen molar-refractivity contribution in [3.8, 4) is 0 Å². The molecule has 2 aromatic rings. The Kier molecular flexibility index (Phi) is 2.51. The third-order valence-electron chi connectivity index (χ3n) is 1.86. The van der Waals surface area contributed by atoms with Crippen molar-refractivity contribution < 1.29 is 9.90 Å². The fourth-order valence-corrected chi connectivity index (χ4v) is 2.81. The first kappa shape index (κ1) is 9.96. The van der Waals surface area contributed by atoms with Crippen molar-refractivity contribution in [3.63, 3.8) is 0 Å². The van der Waals surface area contributed by atoms with E-state index in [1.54, 1.807) is 5.38 Å². The van der Waals surface area contributed by atoms with Crippen LogP contribution in [0.15, 0.2) is 22.0 Å². The van der Waals surface area contributed by atoms with E-state index >= 15 is 0 Å². The summed E-state index contributed by atoms with van der Waals surface area (Å²) in [6.07, 6.45) is 0. The third kappa shape index (κ3) is 1.43. The van der Waals surface area contributed by atoms with E-state index in [4.69, 9.17) is 16.7 Å². The molecule has 1 N–H and O–H groups in total. The Labute approximate surface area is 97.2 Å². The minimum Gasteiger partial charge on any atom is -0.478 e. The summed E-state index contributed by atoms with van der Waals surface area (Å²) in [6, 6.07) is 3.66. The number of hydrogen-bond acceptors (Lipinski definition) is 2. The lowest BCUT2D eigenvalue weighted by molar-refractivity contribution is 0.0699. The molecule has 2 rings (SSSR count). The van der Waals surface area contributed by atoms with E-state index in [1.165, 1.54) is 11.3 Å². The van der Waals surface area contributed by atoms with Gasteiger partial charge in [0.15, 0.2) is 0 Å². The van der Waals surface area contributed by atoms with Crippen LogP contribution in [0.25, 0.3) is 10.1 Å². The van der Waals surface area contributed by atoms with Gasteiger partial charge in [-0.05, 0) is 28.1 Å². The summed E-state index contributed by atoms with van der Waals surface area (Å²) in [5.74, 6) is -0.948. The van der Waals surface area contributed by atoms with Gasteiger partial charge in [-0.2, -0.15) is 0 Å². The molecule has 0 saturated carbocycles. The minimum absolute atomic E-state index is 0.260. The van der Waals surface area contributed by atoms with Gasteiger partial charge >= 0.3 is 5.97 Å². The van der Waals surface area contributed by atoms with Gasteiger partial charge in [0.2, 0.25) is 0 Å². The molecule has 1 aromatic heterocycles. The second-order valence-electron chi connectivity index (χ2n) is 2.69. The molecule has 0 aliphatic carbocycles. The fraction of sp³-hybridized carbons (Fsp3) is 0. The lowest BCUT2D eigenvalue weighted by atomic mass is 10.2. The quantitative estimate of drug-likeness (QED) is 0.862. The number of carboxylic acids is 1. The van der Waals surface area contributed by atoms with Gasteiger partial charge in [0.1, 0.15) is 0 Å². The summed E-state index contributed by atoms with van der Waals surface area (Å²) in [5, 5.41) is 11.6. The number of aromatic carboxylic acids is 1. The van der Waals surface area contributed by atoms with Crippen molar-refractivity contribution in [1.29, 1.82) is 0 Å². The molecule has 0 atom stereocenters. The molecule has 0 saturated heterocycles. The van der Waals surface area contributed by atoms with E-state index in [1.807, 2.05) is 12.1 Å². The topological polar surface area (TPSA) is 37.3 Å². The van der Waals surface area contributed by atoms with Crippen LogP contribution in [-0.4, -0.2) is 11.1 Å². The van der Waals surface area contributed by atoms with Crippen LogP contribution < -0.4 is 0 Å². The molecule has 0 fully saturated rings. The number of carboxylic acid groups (broad SMARTS) is 1. The monoisotopic (exact) mass is 290 g/mol. The summed E-state index contributed by atoms with van der Waals surface area (Å²) in [5.41, 5.74) is 0.260. The van der Waals surface area contributed by atoms with Gasteiger partial charge in [0.25, 0.3) is 0 Å². The summed E-state index contributed by atoms with van der Waals surface area (Å²) < 4.78 is 1.60. The number of hydrogen-bond donors (Lipinski definition) is 1. The predicted octanol–water partition coefficient (Wildman–Crippen LogP) is 4.02. The van der Waals surface area contributed by atoms with Gasteiger partial charge in [-0.15, -0.1) is 11.3 Å². The maximum atomic E-state index is 10.9. The van der Waals surface area contributed by atoms with Crippen molar-refractivity contribution in [1.82, 2.24) is 0 Å². The van der Waals surface area contributed by atoms with E-state index in [9.17, 15) is 4.79 Å². The van der Waals surface area contributed by atoms with Crippen LogP contribution in [0.3, 0.4) is 0 Å². The Balaban J connectivity index is 2.89. The smallest absolute Gasteiger partial charge is 0.337 e. The molecule has 0 radical (unpaired) electrons. The van der Waals surface area contributed by atoms with Crippen LogP contribution >= 0.6 is 38.9 Å². The molecule has 1 aromatic carbocycles. The fourth-order valence-electron chi connectivity index (χ4n) is 1.22. The van der Waals surface area contributed by atoms with Gasteiger partial charge in [-0.3, -0.25) is 0 Å². The third-order valence-corrected chi connectivity index (χ3v) is 4.09. The second-order valence-corrected chi connectivity index (χ2v) is 4.83. The Hall–Kier alpha value is -0.580. The first-order chi connectivity index (χ1) is 6.61. The number of fused-ring (bicyclic) bond motifs is 1. The molecule has 0 aliphatic rings. The van der Waals surface area contributed by atoms with E-state index in [0.29, 0.717) is 14.9 Å². The van der Waals surface area contributed by atoms with E-state index < -0.39 is 5.97 Å². The first-order valence-electron chi connectivity index (χ1n) is 3.69. The standard InChI is InChI=1S/C9H4BrClO2S/c10-5-1-2-6-7(8(5)11)4(3-14-6)9(12)13/h1-3H,(H,12,13). The Morgan fingerprint density at radius 2 is 2.21 bits per heavy atom. The highest BCUT2D eigenvalue weighted by Gasteiger charge is 2.14. The summed E-state index contributed by atoms with van der Waals surface area (Å²) >= 11 is 10.7. The molecular weight excluding hydrogens is 288 g/mol. The molecular formula is C9H4BrClO2S. The number of rotatable bonds is 1. The highest BCUT2D eigenvalue weighted by molar-refractivity contribution is 9.10. The van der Waals surface area contributed by atoms with Crippen molar-refractivity contribution in [2.75, 3.05) is 0 Å². The number of benzene rings is 1.